The summed E-state index contributed by atoms with van der Waals surface area (Å²) >= 11 is 0. The van der Waals surface area contributed by atoms with Gasteiger partial charge in [0.25, 0.3) is 0 Å². The lowest BCUT2D eigenvalue weighted by atomic mass is 9.74. The normalized spacial score (nSPS) is 24.2. The molecule has 5 heteroatoms. The van der Waals surface area contributed by atoms with E-state index in [0.29, 0.717) is 12.0 Å². The van der Waals surface area contributed by atoms with Crippen LogP contribution in [0.15, 0.2) is 73.1 Å². The second-order valence-corrected chi connectivity index (χ2v) is 9.01. The summed E-state index contributed by atoms with van der Waals surface area (Å²) < 4.78 is 13.3. The van der Waals surface area contributed by atoms with Gasteiger partial charge >= 0.3 is 0 Å². The zero-order valence-electron chi connectivity index (χ0n) is 18.3. The van der Waals surface area contributed by atoms with Crippen molar-refractivity contribution in [1.29, 1.82) is 0 Å². The van der Waals surface area contributed by atoms with Gasteiger partial charge < -0.3 is 5.11 Å². The van der Waals surface area contributed by atoms with E-state index in [2.05, 4.69) is 51.2 Å². The number of nitrogens with zero attached hydrogens (tertiary/aromatic N) is 3. The Morgan fingerprint density at radius 2 is 1.53 bits per heavy atom. The molecule has 1 aromatic heterocycles. The van der Waals surface area contributed by atoms with E-state index in [1.165, 1.54) is 29.7 Å². The van der Waals surface area contributed by atoms with E-state index in [1.807, 2.05) is 24.5 Å². The van der Waals surface area contributed by atoms with Crippen molar-refractivity contribution in [3.05, 3.63) is 90.0 Å². The van der Waals surface area contributed by atoms with Crippen molar-refractivity contribution < 1.29 is 9.50 Å². The van der Waals surface area contributed by atoms with Crippen molar-refractivity contribution in [2.45, 2.75) is 37.4 Å². The van der Waals surface area contributed by atoms with Gasteiger partial charge in [-0.1, -0.05) is 36.4 Å². The quantitative estimate of drug-likeness (QED) is 0.653. The first-order valence-electron chi connectivity index (χ1n) is 11.6. The topological polar surface area (TPSA) is 39.6 Å². The molecule has 0 unspecified atom stereocenters. The third-order valence-corrected chi connectivity index (χ3v) is 7.08. The van der Waals surface area contributed by atoms with Crippen LogP contribution in [0.5, 0.6) is 0 Å². The highest BCUT2D eigenvalue weighted by Crippen LogP contribution is 2.42. The molecular weight excluding hydrogens is 401 g/mol. The van der Waals surface area contributed by atoms with Crippen LogP contribution in [0.2, 0.25) is 0 Å². The number of rotatable bonds is 5. The van der Waals surface area contributed by atoms with Gasteiger partial charge in [0.2, 0.25) is 0 Å². The molecule has 2 aromatic carbocycles. The van der Waals surface area contributed by atoms with E-state index in [-0.39, 0.29) is 18.5 Å². The lowest BCUT2D eigenvalue weighted by molar-refractivity contribution is -0.0655. The molecule has 1 N–H and O–H groups in total. The fourth-order valence-corrected chi connectivity index (χ4v) is 5.44. The molecule has 2 fully saturated rings. The molecule has 0 amide bonds. The molecule has 0 bridgehead atoms. The third-order valence-electron chi connectivity index (χ3n) is 7.08. The van der Waals surface area contributed by atoms with Crippen molar-refractivity contribution in [3.63, 3.8) is 0 Å². The first kappa shape index (κ1) is 21.3. The van der Waals surface area contributed by atoms with E-state index in [1.54, 1.807) is 0 Å². The molecule has 0 aliphatic carbocycles. The Morgan fingerprint density at radius 3 is 2.22 bits per heavy atom. The molecule has 0 saturated carbocycles. The highest BCUT2D eigenvalue weighted by molar-refractivity contribution is 5.63. The fraction of sp³-hybridized carbons (Fsp3) is 0.370. The molecule has 2 aliphatic heterocycles. The van der Waals surface area contributed by atoms with Gasteiger partial charge in [-0.2, -0.15) is 0 Å². The summed E-state index contributed by atoms with van der Waals surface area (Å²) in [5.41, 5.74) is 4.68. The molecule has 4 nitrogen and oxygen atoms in total. The maximum atomic E-state index is 13.3. The molecule has 3 heterocycles. The molecule has 3 aromatic rings. The van der Waals surface area contributed by atoms with Crippen molar-refractivity contribution in [3.8, 4) is 11.1 Å². The minimum atomic E-state index is -0.216. The second-order valence-electron chi connectivity index (χ2n) is 9.01. The molecule has 3 atom stereocenters. The smallest absolute Gasteiger partial charge is 0.123 e. The molecule has 166 valence electrons. The first-order valence-corrected chi connectivity index (χ1v) is 11.6. The van der Waals surface area contributed by atoms with Gasteiger partial charge in [0.15, 0.2) is 0 Å². The summed E-state index contributed by atoms with van der Waals surface area (Å²) in [6, 6.07) is 20.0. The van der Waals surface area contributed by atoms with E-state index in [4.69, 9.17) is 0 Å². The van der Waals surface area contributed by atoms with Gasteiger partial charge in [-0.25, -0.2) is 4.39 Å². The van der Waals surface area contributed by atoms with Crippen LogP contribution < -0.4 is 0 Å². The maximum absolute atomic E-state index is 13.3. The zero-order chi connectivity index (χ0) is 21.9. The number of hydrogen-bond acceptors (Lipinski definition) is 4. The standard InChI is InChI=1S/C27H30FN3O/c28-24-9-7-22(8-10-24)21-3-5-23(6-4-21)27-25-18-30(17-20-11-13-29-14-12-20)15-1-2-16-31(25)26(27)19-32/h3-14,25-27,32H,1-2,15-19H2/t25-,26-,27+/m0/s1. The van der Waals surface area contributed by atoms with E-state index in [0.717, 1.165) is 43.7 Å². The number of aromatic nitrogens is 1. The van der Waals surface area contributed by atoms with Gasteiger partial charge in [-0.3, -0.25) is 14.8 Å². The van der Waals surface area contributed by atoms with Crippen LogP contribution in [-0.4, -0.2) is 58.2 Å². The molecule has 2 saturated heterocycles. The molecule has 0 spiro atoms. The predicted molar refractivity (Wildman–Crippen MR) is 125 cm³/mol. The van der Waals surface area contributed by atoms with Crippen molar-refractivity contribution >= 4 is 0 Å². The number of benzene rings is 2. The SMILES string of the molecule is OC[C@H]1[C@H](c2ccc(-c3ccc(F)cc3)cc2)[C@@H]2CN(Cc3ccncc3)CCCCN12. The maximum Gasteiger partial charge on any atom is 0.123 e. The minimum Gasteiger partial charge on any atom is -0.395 e. The average Bonchev–Trinajstić information content (AvgIpc) is 2.81. The van der Waals surface area contributed by atoms with E-state index in [9.17, 15) is 9.50 Å². The fourth-order valence-electron chi connectivity index (χ4n) is 5.44. The van der Waals surface area contributed by atoms with Crippen LogP contribution in [0, 0.1) is 5.82 Å². The lowest BCUT2D eigenvalue weighted by Crippen LogP contribution is -2.67. The number of fused-ring (bicyclic) bond motifs is 1. The molecule has 0 radical (unpaired) electrons. The molecule has 2 aliphatic rings. The summed E-state index contributed by atoms with van der Waals surface area (Å²) in [7, 11) is 0. The number of pyridine rings is 1. The summed E-state index contributed by atoms with van der Waals surface area (Å²) in [6.45, 7) is 4.29. The van der Waals surface area contributed by atoms with Crippen LogP contribution >= 0.6 is 0 Å². The van der Waals surface area contributed by atoms with Gasteiger partial charge in [-0.15, -0.1) is 0 Å². The Morgan fingerprint density at radius 1 is 0.875 bits per heavy atom. The van der Waals surface area contributed by atoms with Gasteiger partial charge in [0.1, 0.15) is 5.82 Å². The number of halogens is 1. The van der Waals surface area contributed by atoms with Gasteiger partial charge in [0.05, 0.1) is 6.61 Å². The average molecular weight is 432 g/mol. The third kappa shape index (κ3) is 4.33. The summed E-state index contributed by atoms with van der Waals surface area (Å²) in [6.07, 6.45) is 6.07. The number of aliphatic hydroxyl groups is 1. The van der Waals surface area contributed by atoms with Crippen LogP contribution in [0.3, 0.4) is 0 Å². The van der Waals surface area contributed by atoms with E-state index < -0.39 is 0 Å². The zero-order valence-corrected chi connectivity index (χ0v) is 18.3. The molecular formula is C27H30FN3O. The van der Waals surface area contributed by atoms with Crippen molar-refractivity contribution in [1.82, 2.24) is 14.8 Å². The van der Waals surface area contributed by atoms with Crippen molar-refractivity contribution in [2.75, 3.05) is 26.2 Å². The lowest BCUT2D eigenvalue weighted by Gasteiger charge is -2.57. The van der Waals surface area contributed by atoms with Crippen LogP contribution in [0.4, 0.5) is 4.39 Å². The largest absolute Gasteiger partial charge is 0.395 e. The van der Waals surface area contributed by atoms with Crippen LogP contribution in [-0.2, 0) is 6.54 Å². The van der Waals surface area contributed by atoms with E-state index >= 15 is 0 Å². The molecule has 32 heavy (non-hydrogen) atoms. The summed E-state index contributed by atoms with van der Waals surface area (Å²) in [4.78, 5) is 9.21. The summed E-state index contributed by atoms with van der Waals surface area (Å²) in [5.74, 6) is 0.103. The number of hydrogen-bond donors (Lipinski definition) is 1. The Balaban J connectivity index is 1.35. The highest BCUT2D eigenvalue weighted by atomic mass is 19.1. The Bertz CT molecular complexity index is 1010. The van der Waals surface area contributed by atoms with Crippen LogP contribution in [0.1, 0.15) is 29.9 Å². The Labute approximate surface area is 189 Å². The predicted octanol–water partition coefficient (Wildman–Crippen LogP) is 4.31. The van der Waals surface area contributed by atoms with Crippen molar-refractivity contribution in [2.24, 2.45) is 0 Å². The monoisotopic (exact) mass is 431 g/mol. The van der Waals surface area contributed by atoms with Gasteiger partial charge in [-0.05, 0) is 72.5 Å². The minimum absolute atomic E-state index is 0.178. The molecule has 5 rings (SSSR count). The van der Waals surface area contributed by atoms with Gasteiger partial charge in [0, 0.05) is 43.5 Å². The summed E-state index contributed by atoms with van der Waals surface area (Å²) in [5, 5.41) is 10.2. The highest BCUT2D eigenvalue weighted by Gasteiger charge is 2.48. The second kappa shape index (κ2) is 9.49. The Hall–Kier alpha value is -2.60. The number of aliphatic hydroxyl groups excluding tert-OH is 1. The first-order chi connectivity index (χ1) is 15.7. The Kier molecular flexibility index (Phi) is 6.30. The van der Waals surface area contributed by atoms with Crippen LogP contribution in [0.25, 0.3) is 11.1 Å².